The van der Waals surface area contributed by atoms with Crippen molar-refractivity contribution in [3.05, 3.63) is 124 Å². The molecular formula is C58H73BN2. The van der Waals surface area contributed by atoms with Crippen LogP contribution in [0.25, 0.3) is 0 Å². The molecule has 0 spiro atoms. The van der Waals surface area contributed by atoms with E-state index in [0.29, 0.717) is 0 Å². The number of hydrogen-bond acceptors (Lipinski definition) is 2. The summed E-state index contributed by atoms with van der Waals surface area (Å²) in [5.74, 6) is 0. The summed E-state index contributed by atoms with van der Waals surface area (Å²) in [6.07, 6.45) is 4.78. The number of fused-ring (bicyclic) bond motifs is 6. The molecule has 318 valence electrons. The summed E-state index contributed by atoms with van der Waals surface area (Å²) in [4.78, 5) is 5.37. The van der Waals surface area contributed by atoms with Crippen LogP contribution in [0.15, 0.2) is 84.9 Å². The molecule has 0 unspecified atom stereocenters. The number of rotatable bonds is 2. The fourth-order valence-corrected chi connectivity index (χ4v) is 11.3. The van der Waals surface area contributed by atoms with Gasteiger partial charge in [0.15, 0.2) is 0 Å². The topological polar surface area (TPSA) is 6.48 Å². The van der Waals surface area contributed by atoms with E-state index in [-0.39, 0.29) is 44.6 Å². The van der Waals surface area contributed by atoms with Gasteiger partial charge < -0.3 is 9.80 Å². The van der Waals surface area contributed by atoms with E-state index in [1.807, 2.05) is 0 Å². The molecule has 0 atom stereocenters. The molecule has 0 radical (unpaired) electrons. The molecule has 61 heavy (non-hydrogen) atoms. The van der Waals surface area contributed by atoms with Gasteiger partial charge in [0.25, 0.3) is 6.71 Å². The van der Waals surface area contributed by atoms with E-state index in [0.717, 1.165) is 0 Å². The molecular weight excluding hydrogens is 735 g/mol. The van der Waals surface area contributed by atoms with Crippen LogP contribution < -0.4 is 26.2 Å². The lowest BCUT2D eigenvalue weighted by Crippen LogP contribution is -2.62. The van der Waals surface area contributed by atoms with Crippen molar-refractivity contribution in [2.45, 2.75) is 181 Å². The molecule has 5 aromatic rings. The van der Waals surface area contributed by atoms with Crippen molar-refractivity contribution in [1.82, 2.24) is 0 Å². The highest BCUT2D eigenvalue weighted by Gasteiger charge is 2.48. The van der Waals surface area contributed by atoms with Crippen LogP contribution in [-0.4, -0.2) is 6.71 Å². The third kappa shape index (κ3) is 6.64. The lowest BCUT2D eigenvalue weighted by molar-refractivity contribution is 0.332. The standard InChI is InChI=1S/C58H73BN2/c1-52(2,3)36-19-18-20-39(29-36)60-47-30-37(53(4,5)6)21-24-45(47)59-46-34-43-44(58(16,17)28-27-57(43,14)15)35-48(46)61(50-32-38(54(7,8)9)31-49(60)51(50)59)40-22-23-41-42(33-40)56(12,13)26-25-55(41,10)11/h18-24,29-35H,25-28H2,1-17H3. The summed E-state index contributed by atoms with van der Waals surface area (Å²) in [5.41, 5.74) is 22.5. The van der Waals surface area contributed by atoms with Crippen molar-refractivity contribution >= 4 is 57.2 Å². The molecule has 0 aromatic heterocycles. The summed E-state index contributed by atoms with van der Waals surface area (Å²) in [6, 6.07) is 34.9. The van der Waals surface area contributed by atoms with Crippen LogP contribution in [0.4, 0.5) is 34.1 Å². The third-order valence-corrected chi connectivity index (χ3v) is 15.8. The zero-order valence-electron chi connectivity index (χ0n) is 40.9. The second kappa shape index (κ2) is 13.2. The molecule has 0 saturated carbocycles. The Morgan fingerprint density at radius 3 is 1.38 bits per heavy atom. The molecule has 2 heterocycles. The van der Waals surface area contributed by atoms with E-state index in [4.69, 9.17) is 0 Å². The molecule has 3 heteroatoms. The molecule has 0 fully saturated rings. The Morgan fingerprint density at radius 2 is 0.836 bits per heavy atom. The van der Waals surface area contributed by atoms with Crippen LogP contribution >= 0.6 is 0 Å². The van der Waals surface area contributed by atoms with Gasteiger partial charge in [0.2, 0.25) is 0 Å². The molecule has 2 nitrogen and oxygen atoms in total. The lowest BCUT2D eigenvalue weighted by atomic mass is 9.33. The Hall–Kier alpha value is -4.24. The van der Waals surface area contributed by atoms with Crippen molar-refractivity contribution in [1.29, 1.82) is 0 Å². The van der Waals surface area contributed by atoms with Crippen LogP contribution in [0.2, 0.25) is 0 Å². The van der Waals surface area contributed by atoms with Crippen LogP contribution in [0, 0.1) is 0 Å². The Labute approximate surface area is 370 Å². The molecule has 2 aliphatic heterocycles. The molecule has 4 aliphatic rings. The molecule has 0 bridgehead atoms. The molecule has 0 saturated heterocycles. The predicted octanol–water partition coefficient (Wildman–Crippen LogP) is 14.4. The zero-order valence-corrected chi connectivity index (χ0v) is 40.9. The van der Waals surface area contributed by atoms with Gasteiger partial charge in [-0.1, -0.05) is 154 Å². The summed E-state index contributed by atoms with van der Waals surface area (Å²) in [5, 5.41) is 0. The highest BCUT2D eigenvalue weighted by Crippen LogP contribution is 2.53. The van der Waals surface area contributed by atoms with Crippen LogP contribution in [0.5, 0.6) is 0 Å². The van der Waals surface area contributed by atoms with E-state index >= 15 is 0 Å². The van der Waals surface area contributed by atoms with Gasteiger partial charge in [-0.15, -0.1) is 0 Å². The fourth-order valence-electron chi connectivity index (χ4n) is 11.3. The van der Waals surface area contributed by atoms with Gasteiger partial charge in [0, 0.05) is 34.1 Å². The molecule has 5 aromatic carbocycles. The lowest BCUT2D eigenvalue weighted by Gasteiger charge is -2.48. The zero-order chi connectivity index (χ0) is 44.2. The normalized spacial score (nSPS) is 19.4. The smallest absolute Gasteiger partial charge is 0.252 e. The van der Waals surface area contributed by atoms with E-state index in [1.54, 1.807) is 0 Å². The average molecular weight is 809 g/mol. The first-order chi connectivity index (χ1) is 28.1. The first-order valence-corrected chi connectivity index (χ1v) is 23.5. The van der Waals surface area contributed by atoms with Crippen molar-refractivity contribution < 1.29 is 0 Å². The van der Waals surface area contributed by atoms with Gasteiger partial charge in [0.05, 0.1) is 0 Å². The van der Waals surface area contributed by atoms with Gasteiger partial charge in [-0.3, -0.25) is 0 Å². The van der Waals surface area contributed by atoms with Crippen molar-refractivity contribution in [3.8, 4) is 0 Å². The van der Waals surface area contributed by atoms with Crippen LogP contribution in [0.3, 0.4) is 0 Å². The predicted molar refractivity (Wildman–Crippen MR) is 267 cm³/mol. The maximum Gasteiger partial charge on any atom is 0.252 e. The van der Waals surface area contributed by atoms with Crippen molar-refractivity contribution in [3.63, 3.8) is 0 Å². The number of nitrogens with zero attached hydrogens (tertiary/aromatic N) is 2. The van der Waals surface area contributed by atoms with E-state index in [1.165, 1.54) is 115 Å². The maximum absolute atomic E-state index is 2.72. The Bertz CT molecular complexity index is 2610. The van der Waals surface area contributed by atoms with Gasteiger partial charge in [-0.05, 0) is 167 Å². The van der Waals surface area contributed by atoms with Gasteiger partial charge in [-0.25, -0.2) is 0 Å². The van der Waals surface area contributed by atoms with Gasteiger partial charge in [0.1, 0.15) is 0 Å². The summed E-state index contributed by atoms with van der Waals surface area (Å²) in [7, 11) is 0. The largest absolute Gasteiger partial charge is 0.311 e. The minimum absolute atomic E-state index is 0.00258. The summed E-state index contributed by atoms with van der Waals surface area (Å²) >= 11 is 0. The van der Waals surface area contributed by atoms with Crippen LogP contribution in [0.1, 0.15) is 182 Å². The molecule has 0 N–H and O–H groups in total. The van der Waals surface area contributed by atoms with Crippen molar-refractivity contribution in [2.24, 2.45) is 0 Å². The van der Waals surface area contributed by atoms with Crippen LogP contribution in [-0.2, 0) is 37.9 Å². The SMILES string of the molecule is CC(C)(C)c1cccc(N2c3cc(C(C)(C)C)ccc3B3c4cc5c(cc4N(c4ccc6c(c4)C(C)(C)CCC6(C)C)c4cc(C(C)(C)C)cc2c43)C(C)(C)CCC5(C)C)c1. The van der Waals surface area contributed by atoms with E-state index < -0.39 is 0 Å². The number of anilines is 6. The monoisotopic (exact) mass is 809 g/mol. The molecule has 2 aliphatic carbocycles. The minimum Gasteiger partial charge on any atom is -0.311 e. The fraction of sp³-hybridized carbons (Fsp3) is 0.483. The average Bonchev–Trinajstić information content (AvgIpc) is 3.16. The maximum atomic E-state index is 2.72. The van der Waals surface area contributed by atoms with E-state index in [2.05, 4.69) is 212 Å². The van der Waals surface area contributed by atoms with Gasteiger partial charge in [-0.2, -0.15) is 0 Å². The van der Waals surface area contributed by atoms with E-state index in [9.17, 15) is 0 Å². The number of benzene rings is 5. The Balaban J connectivity index is 1.44. The number of hydrogen-bond donors (Lipinski definition) is 0. The summed E-state index contributed by atoms with van der Waals surface area (Å²) < 4.78 is 0. The molecule has 0 amide bonds. The second-order valence-electron chi connectivity index (χ2n) is 25.3. The first-order valence-electron chi connectivity index (χ1n) is 23.5. The highest BCUT2D eigenvalue weighted by molar-refractivity contribution is 7.00. The first kappa shape index (κ1) is 42.1. The second-order valence-corrected chi connectivity index (χ2v) is 25.3. The quantitative estimate of drug-likeness (QED) is 0.161. The van der Waals surface area contributed by atoms with Gasteiger partial charge >= 0.3 is 0 Å². The van der Waals surface area contributed by atoms with Crippen molar-refractivity contribution in [2.75, 3.05) is 9.80 Å². The third-order valence-electron chi connectivity index (χ3n) is 15.8. The Kier molecular flexibility index (Phi) is 9.07. The minimum atomic E-state index is -0.0802. The highest BCUT2D eigenvalue weighted by atomic mass is 15.2. The Morgan fingerprint density at radius 1 is 0.393 bits per heavy atom. The summed E-state index contributed by atoms with van der Waals surface area (Å²) in [6.45, 7) is 41.2. The molecule has 9 rings (SSSR count).